The number of guanidine groups is 1. The summed E-state index contributed by atoms with van der Waals surface area (Å²) >= 11 is 1.74. The van der Waals surface area contributed by atoms with E-state index in [1.54, 1.807) is 29.5 Å². The van der Waals surface area contributed by atoms with Crippen molar-refractivity contribution in [3.8, 4) is 0 Å². The van der Waals surface area contributed by atoms with Crippen molar-refractivity contribution in [2.75, 3.05) is 27.2 Å². The lowest BCUT2D eigenvalue weighted by Crippen LogP contribution is -2.39. The highest BCUT2D eigenvalue weighted by Gasteiger charge is 2.20. The molecule has 1 atom stereocenters. The summed E-state index contributed by atoms with van der Waals surface area (Å²) in [7, 11) is -0.429. The van der Waals surface area contributed by atoms with Crippen LogP contribution in [0, 0.1) is 0 Å². The average molecular weight is 409 g/mol. The number of sulfonamides is 1. The lowest BCUT2D eigenvalue weighted by Gasteiger charge is -2.16. The lowest BCUT2D eigenvalue weighted by molar-refractivity contribution is 0.519. The van der Waals surface area contributed by atoms with Gasteiger partial charge in [0.15, 0.2) is 5.96 Å². The molecule has 0 radical (unpaired) electrons. The molecule has 1 aromatic carbocycles. The standard InChI is InChI=1S/C19H28N4O2S2/c1-5-20-19(21-13-15(2)17-10-8-12-26-17)22-14-16-9-6-7-11-18(16)27(24,25)23(3)4/h6-12,15H,5,13-14H2,1-4H3,(H2,20,21,22). The van der Waals surface area contributed by atoms with Crippen LogP contribution >= 0.6 is 11.3 Å². The van der Waals surface area contributed by atoms with Gasteiger partial charge in [-0.15, -0.1) is 11.3 Å². The van der Waals surface area contributed by atoms with Gasteiger partial charge in [-0.25, -0.2) is 17.7 Å². The molecular weight excluding hydrogens is 380 g/mol. The van der Waals surface area contributed by atoms with Crippen LogP contribution in [0.5, 0.6) is 0 Å². The van der Waals surface area contributed by atoms with Gasteiger partial charge in [-0.05, 0) is 30.0 Å². The van der Waals surface area contributed by atoms with Crippen LogP contribution in [0.15, 0.2) is 51.7 Å². The van der Waals surface area contributed by atoms with E-state index < -0.39 is 10.0 Å². The number of thiophene rings is 1. The molecule has 1 aromatic heterocycles. The fourth-order valence-electron chi connectivity index (χ4n) is 2.51. The van der Waals surface area contributed by atoms with E-state index in [2.05, 4.69) is 40.1 Å². The second-order valence-corrected chi connectivity index (χ2v) is 9.49. The van der Waals surface area contributed by atoms with E-state index in [1.807, 2.05) is 13.0 Å². The summed E-state index contributed by atoms with van der Waals surface area (Å²) in [5.74, 6) is 1.05. The van der Waals surface area contributed by atoms with Crippen molar-refractivity contribution in [3.63, 3.8) is 0 Å². The fraction of sp³-hybridized carbons (Fsp3) is 0.421. The molecular formula is C19H28N4O2S2. The third-order valence-corrected chi connectivity index (χ3v) is 7.11. The quantitative estimate of drug-likeness (QED) is 0.520. The Kier molecular flexibility index (Phi) is 7.82. The molecule has 0 aliphatic carbocycles. The van der Waals surface area contributed by atoms with E-state index in [1.165, 1.54) is 23.3 Å². The number of benzene rings is 1. The zero-order chi connectivity index (χ0) is 19.9. The number of nitrogens with one attached hydrogen (secondary N) is 2. The number of aliphatic imine (C=N–C) groups is 1. The van der Waals surface area contributed by atoms with Gasteiger partial charge < -0.3 is 10.6 Å². The summed E-state index contributed by atoms with van der Waals surface area (Å²) in [6, 6.07) is 11.2. The number of rotatable bonds is 8. The van der Waals surface area contributed by atoms with Gasteiger partial charge in [0.05, 0.1) is 11.4 Å². The molecule has 148 valence electrons. The van der Waals surface area contributed by atoms with Gasteiger partial charge in [-0.2, -0.15) is 0 Å². The van der Waals surface area contributed by atoms with Crippen molar-refractivity contribution >= 4 is 27.3 Å². The minimum Gasteiger partial charge on any atom is -0.357 e. The average Bonchev–Trinajstić information content (AvgIpc) is 3.18. The summed E-state index contributed by atoms with van der Waals surface area (Å²) in [6.07, 6.45) is 0. The maximum Gasteiger partial charge on any atom is 0.242 e. The van der Waals surface area contributed by atoms with Crippen LogP contribution in [0.4, 0.5) is 0 Å². The van der Waals surface area contributed by atoms with E-state index in [9.17, 15) is 8.42 Å². The highest BCUT2D eigenvalue weighted by molar-refractivity contribution is 7.89. The van der Waals surface area contributed by atoms with Crippen molar-refractivity contribution in [2.24, 2.45) is 4.99 Å². The molecule has 0 saturated carbocycles. The van der Waals surface area contributed by atoms with Crippen molar-refractivity contribution < 1.29 is 8.42 Å². The summed E-state index contributed by atoms with van der Waals surface area (Å²) in [5, 5.41) is 8.64. The Morgan fingerprint density at radius 3 is 2.56 bits per heavy atom. The molecule has 0 spiro atoms. The molecule has 8 heteroatoms. The fourth-order valence-corrected chi connectivity index (χ4v) is 4.41. The molecule has 0 aliphatic rings. The molecule has 0 bridgehead atoms. The van der Waals surface area contributed by atoms with Gasteiger partial charge in [-0.1, -0.05) is 31.2 Å². The normalized spacial score (nSPS) is 13.6. The first-order chi connectivity index (χ1) is 12.9. The van der Waals surface area contributed by atoms with Crippen LogP contribution in [0.1, 0.15) is 30.2 Å². The van der Waals surface area contributed by atoms with E-state index in [4.69, 9.17) is 0 Å². The van der Waals surface area contributed by atoms with Crippen LogP contribution in [-0.2, 0) is 16.6 Å². The third-order valence-electron chi connectivity index (χ3n) is 4.09. The monoisotopic (exact) mass is 408 g/mol. The summed E-state index contributed by atoms with van der Waals surface area (Å²) in [6.45, 7) is 5.94. The molecule has 0 fully saturated rings. The van der Waals surface area contributed by atoms with Gasteiger partial charge in [0.1, 0.15) is 0 Å². The molecule has 0 amide bonds. The maximum atomic E-state index is 12.5. The zero-order valence-electron chi connectivity index (χ0n) is 16.3. The predicted molar refractivity (Wildman–Crippen MR) is 113 cm³/mol. The van der Waals surface area contributed by atoms with Crippen LogP contribution in [-0.4, -0.2) is 45.9 Å². The largest absolute Gasteiger partial charge is 0.357 e. The number of nitrogens with zero attached hydrogens (tertiary/aromatic N) is 2. The van der Waals surface area contributed by atoms with Crippen LogP contribution in [0.2, 0.25) is 0 Å². The molecule has 1 heterocycles. The van der Waals surface area contributed by atoms with Gasteiger partial charge in [0, 0.05) is 38.0 Å². The highest BCUT2D eigenvalue weighted by Crippen LogP contribution is 2.20. The van der Waals surface area contributed by atoms with E-state index in [0.29, 0.717) is 22.3 Å². The highest BCUT2D eigenvalue weighted by atomic mass is 32.2. The van der Waals surface area contributed by atoms with Gasteiger partial charge in [-0.3, -0.25) is 0 Å². The lowest BCUT2D eigenvalue weighted by atomic mass is 10.1. The minimum absolute atomic E-state index is 0.284. The van der Waals surface area contributed by atoms with E-state index in [-0.39, 0.29) is 6.54 Å². The maximum absolute atomic E-state index is 12.5. The molecule has 2 N–H and O–H groups in total. The Balaban J connectivity index is 2.13. The smallest absolute Gasteiger partial charge is 0.242 e. The molecule has 6 nitrogen and oxygen atoms in total. The zero-order valence-corrected chi connectivity index (χ0v) is 17.9. The Morgan fingerprint density at radius 1 is 1.19 bits per heavy atom. The first-order valence-electron chi connectivity index (χ1n) is 8.92. The van der Waals surface area contributed by atoms with Crippen LogP contribution < -0.4 is 10.6 Å². The molecule has 0 aliphatic heterocycles. The van der Waals surface area contributed by atoms with Crippen molar-refractivity contribution in [1.82, 2.24) is 14.9 Å². The first-order valence-corrected chi connectivity index (χ1v) is 11.2. The first kappa shape index (κ1) is 21.4. The Hall–Kier alpha value is -1.90. The third kappa shape index (κ3) is 5.79. The van der Waals surface area contributed by atoms with Gasteiger partial charge >= 0.3 is 0 Å². The second-order valence-electron chi connectivity index (χ2n) is 6.39. The number of hydrogen-bond acceptors (Lipinski definition) is 4. The van der Waals surface area contributed by atoms with Crippen molar-refractivity contribution in [3.05, 3.63) is 52.2 Å². The van der Waals surface area contributed by atoms with E-state index >= 15 is 0 Å². The van der Waals surface area contributed by atoms with Gasteiger partial charge in [0.25, 0.3) is 0 Å². The molecule has 2 aromatic rings. The summed E-state index contributed by atoms with van der Waals surface area (Å²) in [4.78, 5) is 6.20. The topological polar surface area (TPSA) is 73.8 Å². The van der Waals surface area contributed by atoms with Crippen molar-refractivity contribution in [2.45, 2.75) is 31.2 Å². The minimum atomic E-state index is -3.50. The molecule has 1 unspecified atom stereocenters. The van der Waals surface area contributed by atoms with E-state index in [0.717, 1.165) is 13.1 Å². The summed E-state index contributed by atoms with van der Waals surface area (Å²) < 4.78 is 26.3. The van der Waals surface area contributed by atoms with Crippen molar-refractivity contribution in [1.29, 1.82) is 0 Å². The Morgan fingerprint density at radius 2 is 1.93 bits per heavy atom. The van der Waals surface area contributed by atoms with Crippen LogP contribution in [0.3, 0.4) is 0 Å². The number of hydrogen-bond donors (Lipinski definition) is 2. The molecule has 0 saturated heterocycles. The SMILES string of the molecule is CCNC(=NCc1ccccc1S(=O)(=O)N(C)C)NCC(C)c1cccs1. The predicted octanol–water partition coefficient (Wildman–Crippen LogP) is 2.86. The van der Waals surface area contributed by atoms with Crippen LogP contribution in [0.25, 0.3) is 0 Å². The summed E-state index contributed by atoms with van der Waals surface area (Å²) in [5.41, 5.74) is 0.676. The Bertz CT molecular complexity index is 846. The Labute approximate surface area is 166 Å². The molecule has 2 rings (SSSR count). The second kappa shape index (κ2) is 9.87. The molecule has 27 heavy (non-hydrogen) atoms. The van der Waals surface area contributed by atoms with Gasteiger partial charge in [0.2, 0.25) is 10.0 Å².